The molecule has 15 heavy (non-hydrogen) atoms. The van der Waals surface area contributed by atoms with Crippen LogP contribution in [0, 0.1) is 11.8 Å². The van der Waals surface area contributed by atoms with Crippen LogP contribution in [0.3, 0.4) is 0 Å². The van der Waals surface area contributed by atoms with E-state index in [1.54, 1.807) is 6.08 Å². The third-order valence-electron chi connectivity index (χ3n) is 2.54. The van der Waals surface area contributed by atoms with Crippen LogP contribution >= 0.6 is 0 Å². The summed E-state index contributed by atoms with van der Waals surface area (Å²) in [7, 11) is 1.29. The zero-order chi connectivity index (χ0) is 11.4. The zero-order valence-corrected chi connectivity index (χ0v) is 8.69. The number of hydrogen-bond donors (Lipinski definition) is 0. The van der Waals surface area contributed by atoms with E-state index in [1.807, 2.05) is 0 Å². The van der Waals surface area contributed by atoms with Gasteiger partial charge in [0.05, 0.1) is 20.1 Å². The van der Waals surface area contributed by atoms with Crippen LogP contribution in [0.2, 0.25) is 0 Å². The molecule has 4 heteroatoms. The van der Waals surface area contributed by atoms with Gasteiger partial charge in [0.2, 0.25) is 0 Å². The molecule has 1 rings (SSSR count). The molecular weight excluding hydrogens is 196 g/mol. The predicted octanol–water partition coefficient (Wildman–Crippen LogP) is 1.08. The zero-order valence-electron chi connectivity index (χ0n) is 8.69. The van der Waals surface area contributed by atoms with Gasteiger partial charge in [-0.1, -0.05) is 12.7 Å². The smallest absolute Gasteiger partial charge is 0.333 e. The van der Waals surface area contributed by atoms with Crippen LogP contribution in [0.25, 0.3) is 0 Å². The molecule has 0 bridgehead atoms. The molecule has 0 aromatic heterocycles. The lowest BCUT2D eigenvalue weighted by Crippen LogP contribution is -2.32. The molecule has 0 saturated carbocycles. The average Bonchev–Trinajstić information content (AvgIpc) is 2.27. The van der Waals surface area contributed by atoms with Crippen molar-refractivity contribution in [2.75, 3.05) is 13.7 Å². The van der Waals surface area contributed by atoms with Crippen molar-refractivity contribution in [3.63, 3.8) is 0 Å². The molecule has 1 aliphatic heterocycles. The maximum absolute atomic E-state index is 11.3. The molecule has 0 amide bonds. The lowest BCUT2D eigenvalue weighted by atomic mass is 9.83. The molecule has 2 unspecified atom stereocenters. The molecule has 0 aromatic carbocycles. The van der Waals surface area contributed by atoms with Crippen LogP contribution in [0.5, 0.6) is 0 Å². The number of carbonyl (C=O) groups is 2. The van der Waals surface area contributed by atoms with Crippen LogP contribution < -0.4 is 0 Å². The maximum atomic E-state index is 11.3. The number of methoxy groups -OCH3 is 1. The summed E-state index contributed by atoms with van der Waals surface area (Å²) in [6.07, 6.45) is 1.83. The van der Waals surface area contributed by atoms with Crippen LogP contribution in [0.4, 0.5) is 0 Å². The van der Waals surface area contributed by atoms with Gasteiger partial charge >= 0.3 is 11.9 Å². The Morgan fingerprint density at radius 2 is 2.33 bits per heavy atom. The Hall–Kier alpha value is -1.58. The molecule has 82 valence electrons. The predicted molar refractivity (Wildman–Crippen MR) is 53.9 cm³/mol. The molecule has 1 aliphatic rings. The highest BCUT2D eigenvalue weighted by Crippen LogP contribution is 2.29. The minimum Gasteiger partial charge on any atom is -0.466 e. The Morgan fingerprint density at radius 3 is 2.87 bits per heavy atom. The van der Waals surface area contributed by atoms with E-state index >= 15 is 0 Å². The molecule has 0 aromatic rings. The van der Waals surface area contributed by atoms with Crippen molar-refractivity contribution in [2.45, 2.75) is 6.42 Å². The molecule has 0 spiro atoms. The SMILES string of the molecule is C=CC1COC(=O)CC1C(=C)C(=O)OC. The summed E-state index contributed by atoms with van der Waals surface area (Å²) in [4.78, 5) is 22.4. The van der Waals surface area contributed by atoms with Crippen molar-refractivity contribution >= 4 is 11.9 Å². The van der Waals surface area contributed by atoms with Gasteiger partial charge in [0.25, 0.3) is 0 Å². The van der Waals surface area contributed by atoms with Gasteiger partial charge < -0.3 is 9.47 Å². The summed E-state index contributed by atoms with van der Waals surface area (Å²) < 4.78 is 9.44. The Labute approximate surface area is 88.6 Å². The van der Waals surface area contributed by atoms with E-state index in [2.05, 4.69) is 17.9 Å². The van der Waals surface area contributed by atoms with Crippen LogP contribution in [-0.4, -0.2) is 25.7 Å². The Kier molecular flexibility index (Phi) is 3.66. The Morgan fingerprint density at radius 1 is 1.67 bits per heavy atom. The van der Waals surface area contributed by atoms with E-state index < -0.39 is 5.97 Å². The molecule has 0 aliphatic carbocycles. The highest BCUT2D eigenvalue weighted by molar-refractivity contribution is 5.89. The second kappa shape index (κ2) is 4.77. The average molecular weight is 210 g/mol. The van der Waals surface area contributed by atoms with Gasteiger partial charge in [-0.3, -0.25) is 4.79 Å². The highest BCUT2D eigenvalue weighted by Gasteiger charge is 2.33. The molecule has 4 nitrogen and oxygen atoms in total. The van der Waals surface area contributed by atoms with Gasteiger partial charge in [-0.05, 0) is 0 Å². The number of hydrogen-bond acceptors (Lipinski definition) is 4. The lowest BCUT2D eigenvalue weighted by Gasteiger charge is -2.28. The number of rotatable bonds is 3. The molecule has 0 radical (unpaired) electrons. The largest absolute Gasteiger partial charge is 0.466 e. The van der Waals surface area contributed by atoms with E-state index in [0.717, 1.165) is 0 Å². The monoisotopic (exact) mass is 210 g/mol. The first-order chi connectivity index (χ1) is 7.10. The summed E-state index contributed by atoms with van der Waals surface area (Å²) in [6, 6.07) is 0. The normalized spacial score (nSPS) is 25.3. The first-order valence-electron chi connectivity index (χ1n) is 4.65. The van der Waals surface area contributed by atoms with E-state index in [9.17, 15) is 9.59 Å². The topological polar surface area (TPSA) is 52.6 Å². The second-order valence-corrected chi connectivity index (χ2v) is 3.41. The maximum Gasteiger partial charge on any atom is 0.333 e. The highest BCUT2D eigenvalue weighted by atomic mass is 16.5. The quantitative estimate of drug-likeness (QED) is 0.397. The number of cyclic esters (lactones) is 1. The number of carbonyl (C=O) groups excluding carboxylic acids is 2. The van der Waals surface area contributed by atoms with E-state index in [0.29, 0.717) is 5.57 Å². The first-order valence-corrected chi connectivity index (χ1v) is 4.65. The summed E-state index contributed by atoms with van der Waals surface area (Å²) in [5.41, 5.74) is 0.305. The van der Waals surface area contributed by atoms with Crippen molar-refractivity contribution < 1.29 is 19.1 Å². The van der Waals surface area contributed by atoms with Crippen LogP contribution in [0.1, 0.15) is 6.42 Å². The third kappa shape index (κ3) is 2.46. The summed E-state index contributed by atoms with van der Waals surface area (Å²) >= 11 is 0. The van der Waals surface area contributed by atoms with Gasteiger partial charge in [-0.15, -0.1) is 6.58 Å². The van der Waals surface area contributed by atoms with Gasteiger partial charge in [0, 0.05) is 17.4 Å². The molecule has 2 atom stereocenters. The van der Waals surface area contributed by atoms with Gasteiger partial charge in [-0.2, -0.15) is 0 Å². The molecule has 1 fully saturated rings. The fourth-order valence-corrected chi connectivity index (χ4v) is 1.59. The van der Waals surface area contributed by atoms with Crippen molar-refractivity contribution in [2.24, 2.45) is 11.8 Å². The van der Waals surface area contributed by atoms with E-state index in [-0.39, 0.29) is 30.8 Å². The fraction of sp³-hybridized carbons (Fsp3) is 0.455. The summed E-state index contributed by atoms with van der Waals surface area (Å²) in [5.74, 6) is -1.12. The third-order valence-corrected chi connectivity index (χ3v) is 2.54. The minimum absolute atomic E-state index is 0.0608. The second-order valence-electron chi connectivity index (χ2n) is 3.41. The van der Waals surface area contributed by atoms with Crippen LogP contribution in [0.15, 0.2) is 24.8 Å². The van der Waals surface area contributed by atoms with Crippen molar-refractivity contribution in [1.29, 1.82) is 0 Å². The lowest BCUT2D eigenvalue weighted by molar-refractivity contribution is -0.151. The molecule has 1 saturated heterocycles. The van der Waals surface area contributed by atoms with Gasteiger partial charge in [0.15, 0.2) is 0 Å². The van der Waals surface area contributed by atoms with Gasteiger partial charge in [0.1, 0.15) is 0 Å². The Bertz CT molecular complexity index is 306. The van der Waals surface area contributed by atoms with E-state index in [1.165, 1.54) is 7.11 Å². The standard InChI is InChI=1S/C11H14O4/c1-4-8-6-15-10(12)5-9(8)7(2)11(13)14-3/h4,8-9H,1-2,5-6H2,3H3. The molecule has 0 N–H and O–H groups in total. The van der Waals surface area contributed by atoms with Crippen molar-refractivity contribution in [1.82, 2.24) is 0 Å². The fourth-order valence-electron chi connectivity index (χ4n) is 1.59. The minimum atomic E-state index is -0.485. The van der Waals surface area contributed by atoms with Crippen molar-refractivity contribution in [3.8, 4) is 0 Å². The molecular formula is C11H14O4. The van der Waals surface area contributed by atoms with E-state index in [4.69, 9.17) is 4.74 Å². The first kappa shape index (κ1) is 11.5. The van der Waals surface area contributed by atoms with Gasteiger partial charge in [-0.25, -0.2) is 4.79 Å². The number of ether oxygens (including phenoxy) is 2. The summed E-state index contributed by atoms with van der Waals surface area (Å²) in [6.45, 7) is 7.55. The van der Waals surface area contributed by atoms with Crippen molar-refractivity contribution in [3.05, 3.63) is 24.8 Å². The number of esters is 2. The Balaban J connectivity index is 2.79. The molecule has 1 heterocycles. The van der Waals surface area contributed by atoms with Crippen LogP contribution in [-0.2, 0) is 19.1 Å². The summed E-state index contributed by atoms with van der Waals surface area (Å²) in [5, 5.41) is 0.